The monoisotopic (exact) mass is 470 g/mol. The highest BCUT2D eigenvalue weighted by Gasteiger charge is 2.44. The number of amides is 3. The van der Waals surface area contributed by atoms with Crippen LogP contribution in [0.15, 0.2) is 18.2 Å². The second-order valence-corrected chi connectivity index (χ2v) is 16.5. The van der Waals surface area contributed by atoms with E-state index in [0.29, 0.717) is 37.2 Å². The van der Waals surface area contributed by atoms with Gasteiger partial charge in [-0.3, -0.25) is 19.3 Å². The molecule has 3 unspecified atom stereocenters. The van der Waals surface area contributed by atoms with Crippen LogP contribution in [0, 0.1) is 0 Å². The number of hydrogen-bond acceptors (Lipinski definition) is 6. The summed E-state index contributed by atoms with van der Waals surface area (Å²) in [7, 11) is -1.25. The van der Waals surface area contributed by atoms with Gasteiger partial charge in [0.25, 0.3) is 11.8 Å². The van der Waals surface area contributed by atoms with Gasteiger partial charge in [0.2, 0.25) is 5.91 Å². The van der Waals surface area contributed by atoms with E-state index in [2.05, 4.69) is 35.9 Å². The number of carbonyl (C=O) groups is 3. The van der Waals surface area contributed by atoms with Crippen molar-refractivity contribution in [3.63, 3.8) is 0 Å². The zero-order chi connectivity index (χ0) is 23.3. The Bertz CT molecular complexity index is 978. The van der Waals surface area contributed by atoms with Crippen LogP contribution in [0.25, 0.3) is 0 Å². The largest absolute Gasteiger partial charge is 0.365 e. The first-order valence-corrected chi connectivity index (χ1v) is 15.8. The van der Waals surface area contributed by atoms with Crippen LogP contribution in [-0.2, 0) is 20.9 Å². The fraction of sp³-hybridized carbons (Fsp3) is 0.625. The van der Waals surface area contributed by atoms with E-state index in [-0.39, 0.29) is 30.9 Å². The minimum atomic E-state index is -1.25. The molecule has 0 bridgehead atoms. The highest BCUT2D eigenvalue weighted by Crippen LogP contribution is 2.36. The minimum Gasteiger partial charge on any atom is -0.365 e. The van der Waals surface area contributed by atoms with Gasteiger partial charge in [0, 0.05) is 57.5 Å². The van der Waals surface area contributed by atoms with Crippen molar-refractivity contribution in [1.29, 1.82) is 0 Å². The molecule has 8 nitrogen and oxygen atoms in total. The van der Waals surface area contributed by atoms with Crippen molar-refractivity contribution in [3.8, 4) is 0 Å². The van der Waals surface area contributed by atoms with Gasteiger partial charge in [-0.2, -0.15) is 0 Å². The van der Waals surface area contributed by atoms with Crippen molar-refractivity contribution in [2.45, 2.75) is 69.6 Å². The number of hydrogen-bond donors (Lipinski definition) is 1. The van der Waals surface area contributed by atoms with Gasteiger partial charge in [-0.25, -0.2) is 0 Å². The number of likely N-dealkylation sites (tertiary alicyclic amines) is 1. The molecule has 1 N–H and O–H groups in total. The molecule has 3 amide bonds. The molecule has 178 valence electrons. The highest BCUT2D eigenvalue weighted by molar-refractivity contribution is 6.76. The lowest BCUT2D eigenvalue weighted by Gasteiger charge is -2.46. The molecule has 3 saturated heterocycles. The summed E-state index contributed by atoms with van der Waals surface area (Å²) >= 11 is 0. The van der Waals surface area contributed by atoms with E-state index in [4.69, 9.17) is 4.74 Å². The average molecular weight is 471 g/mol. The maximum Gasteiger partial charge on any atom is 0.255 e. The topological polar surface area (TPSA) is 82.2 Å². The van der Waals surface area contributed by atoms with Crippen molar-refractivity contribution in [2.75, 3.05) is 31.3 Å². The predicted molar refractivity (Wildman–Crippen MR) is 128 cm³/mol. The molecular formula is C24H34N4O4Si. The van der Waals surface area contributed by atoms with E-state index in [1.165, 1.54) is 4.90 Å². The fourth-order valence-corrected chi connectivity index (χ4v) is 6.12. The summed E-state index contributed by atoms with van der Waals surface area (Å²) in [6.07, 6.45) is 1.77. The van der Waals surface area contributed by atoms with Crippen LogP contribution in [0.3, 0.4) is 0 Å². The van der Waals surface area contributed by atoms with Gasteiger partial charge in [0.1, 0.15) is 12.8 Å². The second-order valence-electron chi connectivity index (χ2n) is 10.9. The molecule has 9 heteroatoms. The molecule has 0 aromatic heterocycles. The third kappa shape index (κ3) is 4.22. The zero-order valence-electron chi connectivity index (χ0n) is 19.8. The summed E-state index contributed by atoms with van der Waals surface area (Å²) < 4.78 is 5.69. The van der Waals surface area contributed by atoms with Crippen LogP contribution in [0.1, 0.15) is 35.2 Å². The zero-order valence-corrected chi connectivity index (χ0v) is 20.8. The Balaban J connectivity index is 1.25. The average Bonchev–Trinajstić information content (AvgIpc) is 3.26. The molecule has 4 heterocycles. The quantitative estimate of drug-likeness (QED) is 0.373. The lowest BCUT2D eigenvalue weighted by Crippen LogP contribution is -2.61. The summed E-state index contributed by atoms with van der Waals surface area (Å²) in [5.41, 5.74) is 2.79. The van der Waals surface area contributed by atoms with Gasteiger partial charge < -0.3 is 19.9 Å². The Morgan fingerprint density at radius 2 is 1.94 bits per heavy atom. The summed E-state index contributed by atoms with van der Waals surface area (Å²) in [4.78, 5) is 44.0. The third-order valence-electron chi connectivity index (χ3n) is 7.43. The van der Waals surface area contributed by atoms with Crippen molar-refractivity contribution in [1.82, 2.24) is 15.1 Å². The molecule has 1 aromatic rings. The number of nitrogens with zero attached hydrogens (tertiary/aromatic N) is 3. The lowest BCUT2D eigenvalue weighted by atomic mass is 9.96. The Morgan fingerprint density at radius 3 is 2.70 bits per heavy atom. The molecule has 33 heavy (non-hydrogen) atoms. The molecule has 3 atom stereocenters. The Kier molecular flexibility index (Phi) is 5.82. The maximum atomic E-state index is 13.2. The summed E-state index contributed by atoms with van der Waals surface area (Å²) in [5.74, 6) is -0.649. The number of rotatable bonds is 7. The van der Waals surface area contributed by atoms with Crippen molar-refractivity contribution >= 4 is 31.5 Å². The van der Waals surface area contributed by atoms with Gasteiger partial charge in [-0.05, 0) is 49.2 Å². The predicted octanol–water partition coefficient (Wildman–Crippen LogP) is 2.02. The molecule has 3 fully saturated rings. The maximum absolute atomic E-state index is 13.2. The molecule has 0 spiro atoms. The number of carbonyl (C=O) groups excluding carboxylic acids is 3. The molecule has 0 radical (unpaired) electrons. The van der Waals surface area contributed by atoms with E-state index in [1.54, 1.807) is 4.90 Å². The number of piperidine rings is 1. The van der Waals surface area contributed by atoms with Crippen LogP contribution in [0.2, 0.25) is 25.7 Å². The van der Waals surface area contributed by atoms with Crippen molar-refractivity contribution in [2.24, 2.45) is 0 Å². The molecule has 4 aliphatic heterocycles. The van der Waals surface area contributed by atoms with E-state index in [9.17, 15) is 14.4 Å². The van der Waals surface area contributed by atoms with Crippen LogP contribution < -0.4 is 10.2 Å². The molecule has 5 rings (SSSR count). The number of imide groups is 1. The first-order valence-electron chi connectivity index (χ1n) is 12.1. The fourth-order valence-electron chi connectivity index (χ4n) is 5.36. The van der Waals surface area contributed by atoms with E-state index in [1.807, 2.05) is 12.1 Å². The van der Waals surface area contributed by atoms with Crippen molar-refractivity contribution in [3.05, 3.63) is 29.3 Å². The van der Waals surface area contributed by atoms with Gasteiger partial charge >= 0.3 is 0 Å². The first-order chi connectivity index (χ1) is 15.7. The molecule has 4 aliphatic rings. The number of benzene rings is 1. The number of nitrogens with one attached hydrogen (secondary N) is 1. The summed E-state index contributed by atoms with van der Waals surface area (Å²) in [6, 6.07) is 7.52. The van der Waals surface area contributed by atoms with Gasteiger partial charge in [0.15, 0.2) is 0 Å². The number of fused-ring (bicyclic) bond motifs is 2. The molecule has 0 saturated carbocycles. The number of ether oxygens (including phenoxy) is 1. The normalized spacial score (nSPS) is 27.2. The smallest absolute Gasteiger partial charge is 0.255 e. The molecular weight excluding hydrogens is 436 g/mol. The van der Waals surface area contributed by atoms with Gasteiger partial charge in [-0.15, -0.1) is 0 Å². The van der Waals surface area contributed by atoms with Crippen LogP contribution >= 0.6 is 0 Å². The Morgan fingerprint density at radius 1 is 1.12 bits per heavy atom. The van der Waals surface area contributed by atoms with Crippen LogP contribution in [0.5, 0.6) is 0 Å². The van der Waals surface area contributed by atoms with Crippen molar-refractivity contribution < 1.29 is 19.1 Å². The third-order valence-corrected chi connectivity index (χ3v) is 9.14. The van der Waals surface area contributed by atoms with Gasteiger partial charge in [-0.1, -0.05) is 19.6 Å². The Hall–Kier alpha value is -2.23. The molecule has 0 aliphatic carbocycles. The number of anilines is 1. The SMILES string of the molecule is C[Si](C)(C)CCOCN1C(=O)CCC(N2Cc3cc(N4CC5NCCC54)ccc3C2=O)C1=O. The highest BCUT2D eigenvalue weighted by atomic mass is 28.3. The second kappa shape index (κ2) is 8.52. The minimum absolute atomic E-state index is 0.0245. The van der Waals surface area contributed by atoms with Gasteiger partial charge in [0.05, 0.1) is 0 Å². The summed E-state index contributed by atoms with van der Waals surface area (Å²) in [5, 5.41) is 3.52. The standard InChI is InChI=1S/C24H34N4O4Si/c1-33(2,3)11-10-32-15-28-22(29)7-6-21(24(28)31)27-13-16-12-17(4-5-18(16)23(27)30)26-14-19-20(26)8-9-25-19/h4-5,12,19-21,25H,6-11,13-15H2,1-3H3. The van der Waals surface area contributed by atoms with Crippen LogP contribution in [-0.4, -0.2) is 80.1 Å². The molecule has 1 aromatic carbocycles. The lowest BCUT2D eigenvalue weighted by molar-refractivity contribution is -0.158. The van der Waals surface area contributed by atoms with Crippen LogP contribution in [0.4, 0.5) is 5.69 Å². The Labute approximate surface area is 196 Å². The summed E-state index contributed by atoms with van der Waals surface area (Å²) in [6.45, 7) is 9.77. The van der Waals surface area contributed by atoms with E-state index >= 15 is 0 Å². The van der Waals surface area contributed by atoms with E-state index in [0.717, 1.165) is 36.8 Å². The van der Waals surface area contributed by atoms with E-state index < -0.39 is 14.1 Å². The first kappa shape index (κ1) is 22.6.